The van der Waals surface area contributed by atoms with Gasteiger partial charge >= 0.3 is 5.97 Å². The summed E-state index contributed by atoms with van der Waals surface area (Å²) in [5, 5.41) is 11.6. The molecule has 0 aliphatic rings. The van der Waals surface area contributed by atoms with Gasteiger partial charge in [-0.2, -0.15) is 0 Å². The highest BCUT2D eigenvalue weighted by Gasteiger charge is 2.24. The summed E-state index contributed by atoms with van der Waals surface area (Å²) in [4.78, 5) is 23.4. The van der Waals surface area contributed by atoms with Crippen molar-refractivity contribution >= 4 is 11.9 Å². The molecule has 4 nitrogen and oxygen atoms in total. The monoisotopic (exact) mass is 293 g/mol. The number of hydrogen-bond acceptors (Lipinski definition) is 2. The highest BCUT2D eigenvalue weighted by Crippen LogP contribution is 2.20. The van der Waals surface area contributed by atoms with Gasteiger partial charge in [0, 0.05) is 0 Å². The van der Waals surface area contributed by atoms with Gasteiger partial charge in [0.15, 0.2) is 0 Å². The van der Waals surface area contributed by atoms with Crippen LogP contribution < -0.4 is 5.32 Å². The van der Waals surface area contributed by atoms with Crippen LogP contribution in [0.2, 0.25) is 0 Å². The fourth-order valence-corrected chi connectivity index (χ4v) is 2.03. The third kappa shape index (κ3) is 5.02. The molecule has 1 aromatic carbocycles. The minimum atomic E-state index is -1.07. The molecular formula is C16H20FNO3. The molecule has 0 fully saturated rings. The molecule has 1 aromatic rings. The third-order valence-corrected chi connectivity index (χ3v) is 3.22. The maximum atomic E-state index is 12.9. The Hall–Kier alpha value is -2.17. The number of aliphatic carboxylic acids is 1. The van der Waals surface area contributed by atoms with Crippen LogP contribution >= 0.6 is 0 Å². The Morgan fingerprint density at radius 1 is 1.33 bits per heavy atom. The van der Waals surface area contributed by atoms with Crippen molar-refractivity contribution in [2.75, 3.05) is 0 Å². The van der Waals surface area contributed by atoms with Crippen molar-refractivity contribution in [2.24, 2.45) is 0 Å². The number of carboxylic acids is 1. The first-order valence-electron chi connectivity index (χ1n) is 6.89. The largest absolute Gasteiger partial charge is 0.480 e. The summed E-state index contributed by atoms with van der Waals surface area (Å²) in [6.45, 7) is 3.61. The van der Waals surface area contributed by atoms with Gasteiger partial charge in [-0.25, -0.2) is 9.18 Å². The maximum Gasteiger partial charge on any atom is 0.326 e. The van der Waals surface area contributed by atoms with E-state index in [-0.39, 0.29) is 18.1 Å². The van der Waals surface area contributed by atoms with Gasteiger partial charge in [0.1, 0.15) is 11.9 Å². The number of carbonyl (C=O) groups is 2. The number of halogens is 1. The van der Waals surface area contributed by atoms with Crippen LogP contribution in [0.5, 0.6) is 0 Å². The highest BCUT2D eigenvalue weighted by molar-refractivity contribution is 5.88. The van der Waals surface area contributed by atoms with E-state index in [4.69, 9.17) is 5.11 Å². The van der Waals surface area contributed by atoms with Gasteiger partial charge in [-0.1, -0.05) is 31.2 Å². The van der Waals surface area contributed by atoms with Crippen LogP contribution in [-0.2, 0) is 9.59 Å². The predicted octanol–water partition coefficient (Wildman–Crippen LogP) is 2.85. The number of amides is 1. The number of carbonyl (C=O) groups excluding carboxylic acids is 1. The molecule has 0 bridgehead atoms. The van der Waals surface area contributed by atoms with Crippen molar-refractivity contribution < 1.29 is 19.1 Å². The lowest BCUT2D eigenvalue weighted by Gasteiger charge is -2.19. The first-order valence-corrected chi connectivity index (χ1v) is 6.89. The number of rotatable bonds is 7. The third-order valence-electron chi connectivity index (χ3n) is 3.22. The number of benzene rings is 1. The number of nitrogens with one attached hydrogen (secondary N) is 1. The Bertz CT molecular complexity index is 511. The lowest BCUT2D eigenvalue weighted by molar-refractivity contribution is -0.141. The van der Waals surface area contributed by atoms with Gasteiger partial charge in [-0.15, -0.1) is 0 Å². The second-order valence-corrected chi connectivity index (χ2v) is 4.72. The van der Waals surface area contributed by atoms with E-state index in [0.717, 1.165) is 0 Å². The molecule has 5 heteroatoms. The molecule has 2 N–H and O–H groups in total. The molecule has 0 saturated carbocycles. The SMILES string of the molecule is C/C=C/CC(NC(=O)C(CC)c1ccc(F)cc1)C(=O)O. The van der Waals surface area contributed by atoms with E-state index >= 15 is 0 Å². The average Bonchev–Trinajstić information content (AvgIpc) is 2.46. The minimum Gasteiger partial charge on any atom is -0.480 e. The normalized spacial score (nSPS) is 13.9. The maximum absolute atomic E-state index is 12.9. The van der Waals surface area contributed by atoms with Crippen molar-refractivity contribution in [1.29, 1.82) is 0 Å². The van der Waals surface area contributed by atoms with Gasteiger partial charge < -0.3 is 10.4 Å². The second-order valence-electron chi connectivity index (χ2n) is 4.72. The molecule has 0 aliphatic carbocycles. The van der Waals surface area contributed by atoms with Crippen LogP contribution in [0.3, 0.4) is 0 Å². The zero-order chi connectivity index (χ0) is 15.8. The van der Waals surface area contributed by atoms with E-state index in [2.05, 4.69) is 5.32 Å². The highest BCUT2D eigenvalue weighted by atomic mass is 19.1. The first-order chi connectivity index (χ1) is 9.99. The van der Waals surface area contributed by atoms with Crippen LogP contribution in [0.1, 0.15) is 38.2 Å². The van der Waals surface area contributed by atoms with Crippen LogP contribution in [0.15, 0.2) is 36.4 Å². The van der Waals surface area contributed by atoms with Crippen molar-refractivity contribution in [3.05, 3.63) is 47.8 Å². The number of hydrogen-bond donors (Lipinski definition) is 2. The van der Waals surface area contributed by atoms with Crippen LogP contribution in [0.4, 0.5) is 4.39 Å². The Morgan fingerprint density at radius 3 is 2.43 bits per heavy atom. The summed E-state index contributed by atoms with van der Waals surface area (Å²) in [5.74, 6) is -2.29. The molecule has 1 amide bonds. The molecule has 2 atom stereocenters. The zero-order valence-electron chi connectivity index (χ0n) is 12.2. The van der Waals surface area contributed by atoms with E-state index in [1.54, 1.807) is 31.2 Å². The Labute approximate surface area is 123 Å². The number of carboxylic acid groups (broad SMARTS) is 1. The molecule has 0 aromatic heterocycles. The van der Waals surface area contributed by atoms with Crippen molar-refractivity contribution in [3.8, 4) is 0 Å². The first kappa shape index (κ1) is 16.9. The fraction of sp³-hybridized carbons (Fsp3) is 0.375. The fourth-order valence-electron chi connectivity index (χ4n) is 2.03. The molecule has 0 radical (unpaired) electrons. The zero-order valence-corrected chi connectivity index (χ0v) is 12.2. The van der Waals surface area contributed by atoms with Gasteiger partial charge in [-0.3, -0.25) is 4.79 Å². The molecule has 1 rings (SSSR count). The van der Waals surface area contributed by atoms with E-state index in [1.807, 2.05) is 6.92 Å². The summed E-state index contributed by atoms with van der Waals surface area (Å²) in [6, 6.07) is 4.72. The molecule has 0 aliphatic heterocycles. The van der Waals surface area contributed by atoms with E-state index in [9.17, 15) is 14.0 Å². The Balaban J connectivity index is 2.82. The van der Waals surface area contributed by atoms with Gasteiger partial charge in [-0.05, 0) is 37.5 Å². The Kier molecular flexibility index (Phi) is 6.59. The lowest BCUT2D eigenvalue weighted by Crippen LogP contribution is -2.42. The summed E-state index contributed by atoms with van der Waals surface area (Å²) in [7, 11) is 0. The summed E-state index contributed by atoms with van der Waals surface area (Å²) >= 11 is 0. The molecule has 21 heavy (non-hydrogen) atoms. The second kappa shape index (κ2) is 8.19. The molecule has 0 saturated heterocycles. The standard InChI is InChI=1S/C16H20FNO3/c1-3-5-6-14(16(20)21)18-15(19)13(4-2)11-7-9-12(17)10-8-11/h3,5,7-10,13-14H,4,6H2,1-2H3,(H,18,19)(H,20,21)/b5-3+. The average molecular weight is 293 g/mol. The van der Waals surface area contributed by atoms with Crippen molar-refractivity contribution in [1.82, 2.24) is 5.32 Å². The van der Waals surface area contributed by atoms with E-state index in [1.165, 1.54) is 12.1 Å². The lowest BCUT2D eigenvalue weighted by atomic mass is 9.95. The summed E-state index contributed by atoms with van der Waals surface area (Å²) in [5.41, 5.74) is 0.673. The van der Waals surface area contributed by atoms with Crippen LogP contribution in [0, 0.1) is 5.82 Å². The van der Waals surface area contributed by atoms with E-state index < -0.39 is 17.9 Å². The molecule has 0 heterocycles. The predicted molar refractivity (Wildman–Crippen MR) is 78.4 cm³/mol. The molecule has 2 unspecified atom stereocenters. The Morgan fingerprint density at radius 2 is 1.95 bits per heavy atom. The summed E-state index contributed by atoms with van der Waals surface area (Å²) < 4.78 is 12.9. The minimum absolute atomic E-state index is 0.234. The molecular weight excluding hydrogens is 273 g/mol. The molecule has 114 valence electrons. The van der Waals surface area contributed by atoms with E-state index in [0.29, 0.717) is 12.0 Å². The van der Waals surface area contributed by atoms with Gasteiger partial charge in [0.2, 0.25) is 5.91 Å². The van der Waals surface area contributed by atoms with Gasteiger partial charge in [0.05, 0.1) is 5.92 Å². The quantitative estimate of drug-likeness (QED) is 0.760. The topological polar surface area (TPSA) is 66.4 Å². The van der Waals surface area contributed by atoms with Crippen LogP contribution in [0.25, 0.3) is 0 Å². The van der Waals surface area contributed by atoms with Crippen molar-refractivity contribution in [2.45, 2.75) is 38.6 Å². The molecule has 0 spiro atoms. The van der Waals surface area contributed by atoms with Crippen LogP contribution in [-0.4, -0.2) is 23.0 Å². The van der Waals surface area contributed by atoms with Gasteiger partial charge in [0.25, 0.3) is 0 Å². The summed E-state index contributed by atoms with van der Waals surface area (Å²) in [6.07, 6.45) is 4.17. The number of allylic oxidation sites excluding steroid dienone is 1. The van der Waals surface area contributed by atoms with Crippen molar-refractivity contribution in [3.63, 3.8) is 0 Å². The smallest absolute Gasteiger partial charge is 0.326 e.